The van der Waals surface area contributed by atoms with Crippen LogP contribution in [0.15, 0.2) is 45.3 Å². The third-order valence-corrected chi connectivity index (χ3v) is 4.86. The minimum absolute atomic E-state index is 0.499. The molecule has 20 heavy (non-hydrogen) atoms. The van der Waals surface area contributed by atoms with E-state index in [0.717, 1.165) is 26.7 Å². The topological polar surface area (TPSA) is 35.2 Å². The van der Waals surface area contributed by atoms with Crippen molar-refractivity contribution in [3.8, 4) is 5.75 Å². The standard InChI is InChI=1S/C16H15Br2NO/c17-14-5-10(8-19)6-15(18)16(14)20-9-12-7-11-3-1-2-4-13(11)12/h1-6,12H,7-9,19H2. The summed E-state index contributed by atoms with van der Waals surface area (Å²) < 4.78 is 7.88. The molecule has 0 spiro atoms. The molecule has 0 aromatic heterocycles. The Morgan fingerprint density at radius 1 is 1.15 bits per heavy atom. The average molecular weight is 397 g/mol. The number of fused-ring (bicyclic) bond motifs is 1. The van der Waals surface area contributed by atoms with E-state index in [2.05, 4.69) is 56.1 Å². The van der Waals surface area contributed by atoms with Gasteiger partial charge in [0.1, 0.15) is 5.75 Å². The summed E-state index contributed by atoms with van der Waals surface area (Å²) in [6, 6.07) is 12.6. The van der Waals surface area contributed by atoms with E-state index in [1.165, 1.54) is 11.1 Å². The Morgan fingerprint density at radius 2 is 1.85 bits per heavy atom. The van der Waals surface area contributed by atoms with Gasteiger partial charge < -0.3 is 10.5 Å². The summed E-state index contributed by atoms with van der Waals surface area (Å²) in [7, 11) is 0. The van der Waals surface area contributed by atoms with Gasteiger partial charge >= 0.3 is 0 Å². The molecule has 1 aliphatic rings. The van der Waals surface area contributed by atoms with E-state index < -0.39 is 0 Å². The van der Waals surface area contributed by atoms with Crippen molar-refractivity contribution in [2.75, 3.05) is 6.61 Å². The van der Waals surface area contributed by atoms with Crippen LogP contribution in [-0.4, -0.2) is 6.61 Å². The van der Waals surface area contributed by atoms with Gasteiger partial charge in [-0.3, -0.25) is 0 Å². The zero-order valence-electron chi connectivity index (χ0n) is 10.9. The molecule has 104 valence electrons. The number of benzene rings is 2. The summed E-state index contributed by atoms with van der Waals surface area (Å²) >= 11 is 7.10. The van der Waals surface area contributed by atoms with Gasteiger partial charge in [0, 0.05) is 12.5 Å². The van der Waals surface area contributed by atoms with Crippen LogP contribution >= 0.6 is 31.9 Å². The Balaban J connectivity index is 1.71. The first-order chi connectivity index (χ1) is 9.69. The second-order valence-electron chi connectivity index (χ2n) is 5.00. The maximum absolute atomic E-state index is 5.99. The van der Waals surface area contributed by atoms with Gasteiger partial charge in [-0.2, -0.15) is 0 Å². The van der Waals surface area contributed by atoms with Crippen molar-refractivity contribution in [3.63, 3.8) is 0 Å². The third-order valence-electron chi connectivity index (χ3n) is 3.68. The molecule has 1 unspecified atom stereocenters. The molecule has 4 heteroatoms. The fourth-order valence-electron chi connectivity index (χ4n) is 2.56. The van der Waals surface area contributed by atoms with E-state index in [1.807, 2.05) is 12.1 Å². The summed E-state index contributed by atoms with van der Waals surface area (Å²) in [6.07, 6.45) is 1.10. The lowest BCUT2D eigenvalue weighted by Gasteiger charge is -2.30. The van der Waals surface area contributed by atoms with E-state index in [-0.39, 0.29) is 0 Å². The molecule has 0 fully saturated rings. The van der Waals surface area contributed by atoms with Crippen molar-refractivity contribution in [1.29, 1.82) is 0 Å². The summed E-state index contributed by atoms with van der Waals surface area (Å²) in [4.78, 5) is 0. The van der Waals surface area contributed by atoms with Gasteiger partial charge in [0.2, 0.25) is 0 Å². The molecule has 0 saturated carbocycles. The molecule has 0 bridgehead atoms. The smallest absolute Gasteiger partial charge is 0.147 e. The molecule has 2 N–H and O–H groups in total. The van der Waals surface area contributed by atoms with Crippen molar-refractivity contribution in [1.82, 2.24) is 0 Å². The molecule has 0 radical (unpaired) electrons. The largest absolute Gasteiger partial charge is 0.491 e. The van der Waals surface area contributed by atoms with Gasteiger partial charge in [-0.05, 0) is 67.1 Å². The molecule has 1 aliphatic carbocycles. The van der Waals surface area contributed by atoms with Crippen LogP contribution in [0.25, 0.3) is 0 Å². The Kier molecular flexibility index (Phi) is 4.15. The molecular formula is C16H15Br2NO. The molecule has 0 saturated heterocycles. The van der Waals surface area contributed by atoms with Crippen LogP contribution in [0.1, 0.15) is 22.6 Å². The second kappa shape index (κ2) is 5.88. The fourth-order valence-corrected chi connectivity index (χ4v) is 4.07. The van der Waals surface area contributed by atoms with Gasteiger partial charge in [-0.25, -0.2) is 0 Å². The first kappa shape index (κ1) is 14.1. The summed E-state index contributed by atoms with van der Waals surface area (Å²) in [5, 5.41) is 0. The first-order valence-corrected chi connectivity index (χ1v) is 8.16. The van der Waals surface area contributed by atoms with Crippen LogP contribution in [-0.2, 0) is 13.0 Å². The van der Waals surface area contributed by atoms with Crippen molar-refractivity contribution in [2.24, 2.45) is 5.73 Å². The van der Waals surface area contributed by atoms with Crippen LogP contribution in [0.5, 0.6) is 5.75 Å². The van der Waals surface area contributed by atoms with Gasteiger partial charge in [0.25, 0.3) is 0 Å². The highest BCUT2D eigenvalue weighted by molar-refractivity contribution is 9.11. The number of hydrogen-bond donors (Lipinski definition) is 1. The number of ether oxygens (including phenoxy) is 1. The Hall–Kier alpha value is -0.840. The molecule has 2 aromatic rings. The molecular weight excluding hydrogens is 382 g/mol. The van der Waals surface area contributed by atoms with Crippen molar-refractivity contribution >= 4 is 31.9 Å². The molecule has 2 aromatic carbocycles. The minimum atomic E-state index is 0.499. The zero-order chi connectivity index (χ0) is 14.1. The van der Waals surface area contributed by atoms with Gasteiger partial charge in [0.15, 0.2) is 0 Å². The molecule has 3 rings (SSSR count). The van der Waals surface area contributed by atoms with Crippen LogP contribution in [0.4, 0.5) is 0 Å². The van der Waals surface area contributed by atoms with Crippen molar-refractivity contribution in [2.45, 2.75) is 18.9 Å². The lowest BCUT2D eigenvalue weighted by atomic mass is 9.78. The van der Waals surface area contributed by atoms with E-state index in [1.54, 1.807) is 0 Å². The zero-order valence-corrected chi connectivity index (χ0v) is 14.1. The van der Waals surface area contributed by atoms with E-state index in [9.17, 15) is 0 Å². The van der Waals surface area contributed by atoms with Crippen LogP contribution < -0.4 is 10.5 Å². The maximum atomic E-state index is 5.99. The minimum Gasteiger partial charge on any atom is -0.491 e. The molecule has 1 atom stereocenters. The highest BCUT2D eigenvalue weighted by Crippen LogP contribution is 2.38. The second-order valence-corrected chi connectivity index (χ2v) is 6.71. The summed E-state index contributed by atoms with van der Waals surface area (Å²) in [5.41, 5.74) is 9.59. The van der Waals surface area contributed by atoms with E-state index >= 15 is 0 Å². The van der Waals surface area contributed by atoms with E-state index in [4.69, 9.17) is 10.5 Å². The van der Waals surface area contributed by atoms with Crippen molar-refractivity contribution in [3.05, 3.63) is 62.0 Å². The lowest BCUT2D eigenvalue weighted by Crippen LogP contribution is -2.23. The number of hydrogen-bond acceptors (Lipinski definition) is 2. The van der Waals surface area contributed by atoms with Crippen LogP contribution in [0.3, 0.4) is 0 Å². The van der Waals surface area contributed by atoms with Crippen LogP contribution in [0, 0.1) is 0 Å². The Morgan fingerprint density at radius 3 is 2.50 bits per heavy atom. The van der Waals surface area contributed by atoms with Gasteiger partial charge in [0.05, 0.1) is 15.6 Å². The normalized spacial score (nSPS) is 16.4. The number of halogens is 2. The van der Waals surface area contributed by atoms with E-state index in [0.29, 0.717) is 19.1 Å². The fraction of sp³-hybridized carbons (Fsp3) is 0.250. The number of rotatable bonds is 4. The predicted molar refractivity (Wildman–Crippen MR) is 88.1 cm³/mol. The van der Waals surface area contributed by atoms with Gasteiger partial charge in [-0.1, -0.05) is 24.3 Å². The van der Waals surface area contributed by atoms with Crippen molar-refractivity contribution < 1.29 is 4.74 Å². The Bertz CT molecular complexity index is 619. The average Bonchev–Trinajstić information content (AvgIpc) is 2.42. The quantitative estimate of drug-likeness (QED) is 0.831. The molecule has 0 aliphatic heterocycles. The maximum Gasteiger partial charge on any atom is 0.147 e. The molecule has 0 heterocycles. The van der Waals surface area contributed by atoms with Gasteiger partial charge in [-0.15, -0.1) is 0 Å². The molecule has 2 nitrogen and oxygen atoms in total. The SMILES string of the molecule is NCc1cc(Br)c(OCC2Cc3ccccc32)c(Br)c1. The molecule has 0 amide bonds. The third kappa shape index (κ3) is 2.65. The monoisotopic (exact) mass is 395 g/mol. The summed E-state index contributed by atoms with van der Waals surface area (Å²) in [5.74, 6) is 1.35. The number of nitrogens with two attached hydrogens (primary N) is 1. The summed E-state index contributed by atoms with van der Waals surface area (Å²) in [6.45, 7) is 1.23. The van der Waals surface area contributed by atoms with Crippen LogP contribution in [0.2, 0.25) is 0 Å². The highest BCUT2D eigenvalue weighted by atomic mass is 79.9. The highest BCUT2D eigenvalue weighted by Gasteiger charge is 2.26. The first-order valence-electron chi connectivity index (χ1n) is 6.57. The predicted octanol–water partition coefficient (Wildman–Crippen LogP) is 4.39. The lowest BCUT2D eigenvalue weighted by molar-refractivity contribution is 0.272. The Labute approximate surface area is 135 Å².